The molecule has 0 aromatic heterocycles. The van der Waals surface area contributed by atoms with Crippen molar-refractivity contribution in [2.75, 3.05) is 0 Å². The average Bonchev–Trinajstić information content (AvgIpc) is 3.00. The van der Waals surface area contributed by atoms with Crippen molar-refractivity contribution in [2.24, 2.45) is 5.73 Å². The van der Waals surface area contributed by atoms with Crippen molar-refractivity contribution in [1.82, 2.24) is 5.32 Å². The van der Waals surface area contributed by atoms with Gasteiger partial charge in [0.2, 0.25) is 5.91 Å². The maximum absolute atomic E-state index is 12.5. The number of nitrogen functional groups attached to an aromatic ring is 1. The van der Waals surface area contributed by atoms with Crippen molar-refractivity contribution in [3.63, 3.8) is 0 Å². The molecule has 10 heteroatoms. The molecule has 0 spiro atoms. The van der Waals surface area contributed by atoms with Gasteiger partial charge in [0.1, 0.15) is 18.2 Å². The molecular weight excluding hydrogens is 550 g/mol. The van der Waals surface area contributed by atoms with Gasteiger partial charge in [-0.05, 0) is 72.5 Å². The quantitative estimate of drug-likeness (QED) is 0.0866. The largest absolute Gasteiger partial charge is 0.458 e. The van der Waals surface area contributed by atoms with Gasteiger partial charge in [0.05, 0.1) is 12.0 Å². The topological polar surface area (TPSA) is 158 Å². The number of benzene rings is 3. The van der Waals surface area contributed by atoms with E-state index in [1.54, 1.807) is 62.4 Å². The number of carbonyl (C=O) groups is 4. The number of aryl methyl sites for hydroxylation is 1. The van der Waals surface area contributed by atoms with Crippen LogP contribution in [0.3, 0.4) is 0 Å². The van der Waals surface area contributed by atoms with E-state index < -0.39 is 29.9 Å². The molecule has 3 rings (SSSR count). The van der Waals surface area contributed by atoms with Gasteiger partial charge in [-0.25, -0.2) is 9.59 Å². The lowest BCUT2D eigenvalue weighted by Crippen LogP contribution is -2.28. The van der Waals surface area contributed by atoms with Gasteiger partial charge in [-0.3, -0.25) is 15.0 Å². The molecule has 0 bridgehead atoms. The average molecular weight is 584 g/mol. The lowest BCUT2D eigenvalue weighted by Gasteiger charge is -2.14. The fourth-order valence-electron chi connectivity index (χ4n) is 3.69. The van der Waals surface area contributed by atoms with Crippen molar-refractivity contribution in [2.45, 2.75) is 39.4 Å². The third-order valence-electron chi connectivity index (χ3n) is 6.05. The van der Waals surface area contributed by atoms with E-state index in [-0.39, 0.29) is 25.3 Å². The first kappa shape index (κ1) is 32.0. The molecule has 3 aromatic rings. The summed E-state index contributed by atoms with van der Waals surface area (Å²) in [5, 5.41) is 9.94. The second-order valence-electron chi connectivity index (χ2n) is 9.33. The zero-order chi connectivity index (χ0) is 31.2. The van der Waals surface area contributed by atoms with Crippen molar-refractivity contribution >= 4 is 35.7 Å². The second kappa shape index (κ2) is 16.1. The molecule has 0 saturated carbocycles. The number of ether oxygens (including phenoxy) is 3. The van der Waals surface area contributed by atoms with Crippen LogP contribution < -0.4 is 15.8 Å². The minimum atomic E-state index is -1.02. The number of amides is 1. The molecule has 0 aliphatic carbocycles. The first-order chi connectivity index (χ1) is 20.7. The maximum atomic E-state index is 12.5. The van der Waals surface area contributed by atoms with E-state index in [1.807, 2.05) is 30.3 Å². The summed E-state index contributed by atoms with van der Waals surface area (Å²) in [6, 6.07) is 20.4. The van der Waals surface area contributed by atoms with E-state index in [0.29, 0.717) is 16.9 Å². The molecule has 0 fully saturated rings. The zero-order valence-electron chi connectivity index (χ0n) is 23.9. The predicted octanol–water partition coefficient (Wildman–Crippen LogP) is 4.60. The summed E-state index contributed by atoms with van der Waals surface area (Å²) in [7, 11) is 0. The van der Waals surface area contributed by atoms with Crippen LogP contribution in [0.2, 0.25) is 0 Å². The van der Waals surface area contributed by atoms with Crippen LogP contribution in [-0.4, -0.2) is 35.8 Å². The van der Waals surface area contributed by atoms with Crippen LogP contribution in [0.4, 0.5) is 0 Å². The van der Waals surface area contributed by atoms with Crippen LogP contribution in [0.15, 0.2) is 91.1 Å². The summed E-state index contributed by atoms with van der Waals surface area (Å²) in [6.45, 7) is 3.59. The van der Waals surface area contributed by atoms with E-state index in [1.165, 1.54) is 18.4 Å². The fraction of sp³-hybridized carbons (Fsp3) is 0.182. The highest BCUT2D eigenvalue weighted by molar-refractivity contribution is 5.96. The smallest absolute Gasteiger partial charge is 0.347 e. The number of nitrogens with one attached hydrogen (secondary N) is 2. The van der Waals surface area contributed by atoms with Crippen molar-refractivity contribution in [3.8, 4) is 5.75 Å². The highest BCUT2D eigenvalue weighted by Gasteiger charge is 2.22. The molecule has 3 aromatic carbocycles. The van der Waals surface area contributed by atoms with Gasteiger partial charge in [0, 0.05) is 17.8 Å². The van der Waals surface area contributed by atoms with E-state index in [9.17, 15) is 19.2 Å². The number of rotatable bonds is 13. The van der Waals surface area contributed by atoms with Crippen LogP contribution in [0.25, 0.3) is 6.08 Å². The summed E-state index contributed by atoms with van der Waals surface area (Å²) >= 11 is 0. The summed E-state index contributed by atoms with van der Waals surface area (Å²) in [6.07, 6.45) is 4.74. The summed E-state index contributed by atoms with van der Waals surface area (Å²) in [5.41, 5.74) is 8.58. The SMILES string of the molecule is CCC(OC(=O)C/C=C/NC(=O)/C=C/c1ccc(C(=O)Oc2ccc(C(=N)N)cc2)cc1C)C(=O)OCc1ccccc1. The molecule has 222 valence electrons. The molecule has 10 nitrogen and oxygen atoms in total. The van der Waals surface area contributed by atoms with Gasteiger partial charge < -0.3 is 25.3 Å². The molecule has 0 aliphatic heterocycles. The Balaban J connectivity index is 1.43. The van der Waals surface area contributed by atoms with Gasteiger partial charge in [-0.1, -0.05) is 49.4 Å². The van der Waals surface area contributed by atoms with Crippen molar-refractivity contribution < 1.29 is 33.4 Å². The molecule has 0 saturated heterocycles. The third-order valence-corrected chi connectivity index (χ3v) is 6.05. The molecule has 0 aliphatic rings. The lowest BCUT2D eigenvalue weighted by molar-refractivity contribution is -0.168. The Kier molecular flexibility index (Phi) is 12.0. The molecule has 1 amide bonds. The van der Waals surface area contributed by atoms with Crippen LogP contribution in [0.5, 0.6) is 5.75 Å². The minimum Gasteiger partial charge on any atom is -0.458 e. The van der Waals surface area contributed by atoms with Crippen LogP contribution in [0.1, 0.15) is 52.4 Å². The van der Waals surface area contributed by atoms with E-state index >= 15 is 0 Å². The monoisotopic (exact) mass is 583 g/mol. The highest BCUT2D eigenvalue weighted by Crippen LogP contribution is 2.17. The van der Waals surface area contributed by atoms with Gasteiger partial charge in [-0.15, -0.1) is 0 Å². The van der Waals surface area contributed by atoms with Crippen molar-refractivity contribution in [3.05, 3.63) is 119 Å². The highest BCUT2D eigenvalue weighted by atomic mass is 16.6. The van der Waals surface area contributed by atoms with Crippen LogP contribution >= 0.6 is 0 Å². The Morgan fingerprint density at radius 3 is 2.33 bits per heavy atom. The number of amidine groups is 1. The number of esters is 3. The molecule has 1 atom stereocenters. The molecule has 4 N–H and O–H groups in total. The minimum absolute atomic E-state index is 0.0810. The number of carbonyl (C=O) groups excluding carboxylic acids is 4. The standard InChI is InChI=1S/C33H33N3O7/c1-3-28(33(40)41-21-23-8-5-4-6-9-23)43-30(38)10-7-19-36-29(37)18-15-24-11-12-26(20-22(24)2)32(39)42-27-16-13-25(14-17-27)31(34)35/h4-9,11-20,28H,3,10,21H2,1-2H3,(H3,34,35)(H,36,37)/b18-15+,19-7+. The zero-order valence-corrected chi connectivity index (χ0v) is 23.9. The second-order valence-corrected chi connectivity index (χ2v) is 9.33. The van der Waals surface area contributed by atoms with Gasteiger partial charge in [0.15, 0.2) is 6.10 Å². The third kappa shape index (κ3) is 10.4. The first-order valence-corrected chi connectivity index (χ1v) is 13.5. The number of hydrogen-bond donors (Lipinski definition) is 3. The summed E-state index contributed by atoms with van der Waals surface area (Å²) in [4.78, 5) is 49.1. The predicted molar refractivity (Wildman–Crippen MR) is 161 cm³/mol. The summed E-state index contributed by atoms with van der Waals surface area (Å²) in [5.74, 6) is -2.00. The Morgan fingerprint density at radius 2 is 1.67 bits per heavy atom. The normalized spacial score (nSPS) is 11.6. The van der Waals surface area contributed by atoms with Gasteiger partial charge in [0.25, 0.3) is 0 Å². The molecule has 1 unspecified atom stereocenters. The Hall–Kier alpha value is -5.51. The van der Waals surface area contributed by atoms with Gasteiger partial charge >= 0.3 is 17.9 Å². The summed E-state index contributed by atoms with van der Waals surface area (Å²) < 4.78 is 15.8. The van der Waals surface area contributed by atoms with Crippen LogP contribution in [0, 0.1) is 12.3 Å². The maximum Gasteiger partial charge on any atom is 0.347 e. The van der Waals surface area contributed by atoms with Crippen molar-refractivity contribution in [1.29, 1.82) is 5.41 Å². The number of hydrogen-bond acceptors (Lipinski definition) is 8. The van der Waals surface area contributed by atoms with Crippen LogP contribution in [-0.2, 0) is 30.5 Å². The Bertz CT molecular complexity index is 1510. The lowest BCUT2D eigenvalue weighted by atomic mass is 10.0. The molecule has 43 heavy (non-hydrogen) atoms. The van der Waals surface area contributed by atoms with E-state index in [0.717, 1.165) is 16.7 Å². The Labute approximate surface area is 249 Å². The van der Waals surface area contributed by atoms with Gasteiger partial charge in [-0.2, -0.15) is 0 Å². The fourth-order valence-corrected chi connectivity index (χ4v) is 3.69. The molecular formula is C33H33N3O7. The van der Waals surface area contributed by atoms with E-state index in [2.05, 4.69) is 5.32 Å². The molecule has 0 heterocycles. The Morgan fingerprint density at radius 1 is 0.977 bits per heavy atom. The molecule has 0 radical (unpaired) electrons. The first-order valence-electron chi connectivity index (χ1n) is 13.5. The van der Waals surface area contributed by atoms with E-state index in [4.69, 9.17) is 25.4 Å². The number of nitrogens with two attached hydrogens (primary N) is 1.